The van der Waals surface area contributed by atoms with Crippen LogP contribution in [0, 0.1) is 0 Å². The molecule has 92 valence electrons. The van der Waals surface area contributed by atoms with Crippen molar-refractivity contribution in [2.75, 3.05) is 26.9 Å². The third-order valence-corrected chi connectivity index (χ3v) is 3.11. The molecular formula is C13H17NO3. The van der Waals surface area contributed by atoms with Gasteiger partial charge in [-0.3, -0.25) is 4.79 Å². The fourth-order valence-corrected chi connectivity index (χ4v) is 2.10. The Bertz CT molecular complexity index is 411. The molecule has 1 aromatic carbocycles. The Morgan fingerprint density at radius 2 is 2.41 bits per heavy atom. The minimum Gasteiger partial charge on any atom is -0.496 e. The number of ether oxygens (including phenoxy) is 2. The Morgan fingerprint density at radius 1 is 1.59 bits per heavy atom. The SMILES string of the molecule is COc1ccc(C2CCOC2)cc1C(=O)CN. The number of methoxy groups -OCH3 is 1. The van der Waals surface area contributed by atoms with E-state index in [1.165, 1.54) is 0 Å². The van der Waals surface area contributed by atoms with Crippen LogP contribution in [0.25, 0.3) is 0 Å². The van der Waals surface area contributed by atoms with Crippen molar-refractivity contribution in [1.82, 2.24) is 0 Å². The summed E-state index contributed by atoms with van der Waals surface area (Å²) in [6.45, 7) is 1.51. The van der Waals surface area contributed by atoms with Crippen LogP contribution in [0.2, 0.25) is 0 Å². The first-order valence-corrected chi connectivity index (χ1v) is 5.75. The average molecular weight is 235 g/mol. The molecule has 1 heterocycles. The molecule has 1 aliphatic rings. The zero-order chi connectivity index (χ0) is 12.3. The molecule has 4 nitrogen and oxygen atoms in total. The van der Waals surface area contributed by atoms with Crippen LogP contribution >= 0.6 is 0 Å². The number of carbonyl (C=O) groups is 1. The Balaban J connectivity index is 2.33. The molecule has 0 aromatic heterocycles. The lowest BCUT2D eigenvalue weighted by molar-refractivity contribution is 0.0998. The van der Waals surface area contributed by atoms with Crippen molar-refractivity contribution in [3.8, 4) is 5.75 Å². The topological polar surface area (TPSA) is 61.5 Å². The van der Waals surface area contributed by atoms with Crippen LogP contribution in [0.1, 0.15) is 28.3 Å². The minimum absolute atomic E-state index is 0.000972. The number of benzene rings is 1. The van der Waals surface area contributed by atoms with Crippen LogP contribution in [0.15, 0.2) is 18.2 Å². The van der Waals surface area contributed by atoms with Gasteiger partial charge >= 0.3 is 0 Å². The summed E-state index contributed by atoms with van der Waals surface area (Å²) in [4.78, 5) is 11.7. The lowest BCUT2D eigenvalue weighted by atomic mass is 9.95. The summed E-state index contributed by atoms with van der Waals surface area (Å²) < 4.78 is 10.5. The molecule has 17 heavy (non-hydrogen) atoms. The van der Waals surface area contributed by atoms with Crippen molar-refractivity contribution < 1.29 is 14.3 Å². The molecule has 4 heteroatoms. The number of hydrogen-bond donors (Lipinski definition) is 1. The lowest BCUT2D eigenvalue weighted by Gasteiger charge is -2.12. The van der Waals surface area contributed by atoms with E-state index in [0.717, 1.165) is 25.2 Å². The molecule has 1 atom stereocenters. The second-order valence-corrected chi connectivity index (χ2v) is 4.15. The van der Waals surface area contributed by atoms with Gasteiger partial charge in [-0.2, -0.15) is 0 Å². The summed E-state index contributed by atoms with van der Waals surface area (Å²) in [5.41, 5.74) is 7.10. The molecule has 0 radical (unpaired) electrons. The molecule has 0 spiro atoms. The highest BCUT2D eigenvalue weighted by atomic mass is 16.5. The normalized spacial score (nSPS) is 19.3. The van der Waals surface area contributed by atoms with E-state index < -0.39 is 0 Å². The molecule has 1 fully saturated rings. The monoisotopic (exact) mass is 235 g/mol. The van der Waals surface area contributed by atoms with Crippen LogP contribution in [0.4, 0.5) is 0 Å². The summed E-state index contributed by atoms with van der Waals surface area (Å²) in [6, 6.07) is 5.70. The maximum atomic E-state index is 11.7. The molecule has 1 unspecified atom stereocenters. The van der Waals surface area contributed by atoms with E-state index in [9.17, 15) is 4.79 Å². The van der Waals surface area contributed by atoms with Crippen LogP contribution in [0.5, 0.6) is 5.75 Å². The molecule has 0 bridgehead atoms. The van der Waals surface area contributed by atoms with E-state index in [4.69, 9.17) is 15.2 Å². The van der Waals surface area contributed by atoms with Crippen molar-refractivity contribution >= 4 is 5.78 Å². The van der Waals surface area contributed by atoms with Gasteiger partial charge in [0.05, 0.1) is 25.8 Å². The smallest absolute Gasteiger partial charge is 0.180 e. The van der Waals surface area contributed by atoms with Gasteiger partial charge in [0.15, 0.2) is 5.78 Å². The summed E-state index contributed by atoms with van der Waals surface area (Å²) >= 11 is 0. The van der Waals surface area contributed by atoms with Crippen LogP contribution in [0.3, 0.4) is 0 Å². The van der Waals surface area contributed by atoms with Crippen LogP contribution in [-0.2, 0) is 4.74 Å². The summed E-state index contributed by atoms with van der Waals surface area (Å²) in [5.74, 6) is 0.871. The van der Waals surface area contributed by atoms with E-state index in [1.807, 2.05) is 18.2 Å². The maximum absolute atomic E-state index is 11.7. The van der Waals surface area contributed by atoms with Crippen molar-refractivity contribution in [3.05, 3.63) is 29.3 Å². The second kappa shape index (κ2) is 5.29. The molecule has 1 saturated heterocycles. The third-order valence-electron chi connectivity index (χ3n) is 3.11. The largest absolute Gasteiger partial charge is 0.496 e. The summed E-state index contributed by atoms with van der Waals surface area (Å²) in [5, 5.41) is 0. The number of hydrogen-bond acceptors (Lipinski definition) is 4. The van der Waals surface area contributed by atoms with E-state index in [-0.39, 0.29) is 12.3 Å². The van der Waals surface area contributed by atoms with E-state index in [1.54, 1.807) is 7.11 Å². The van der Waals surface area contributed by atoms with Gasteiger partial charge in [0.25, 0.3) is 0 Å². The molecular weight excluding hydrogens is 218 g/mol. The number of Topliss-reactive ketones (excluding diaryl/α,β-unsaturated/α-hetero) is 1. The number of rotatable bonds is 4. The van der Waals surface area contributed by atoms with E-state index in [2.05, 4.69) is 0 Å². The second-order valence-electron chi connectivity index (χ2n) is 4.15. The summed E-state index contributed by atoms with van der Waals surface area (Å²) in [7, 11) is 1.56. The lowest BCUT2D eigenvalue weighted by Crippen LogP contribution is -2.15. The Morgan fingerprint density at radius 3 is 3.00 bits per heavy atom. The van der Waals surface area contributed by atoms with Gasteiger partial charge in [0.2, 0.25) is 0 Å². The Hall–Kier alpha value is -1.39. The molecule has 2 N–H and O–H groups in total. The van der Waals surface area contributed by atoms with Crippen molar-refractivity contribution in [2.24, 2.45) is 5.73 Å². The first kappa shape index (κ1) is 12.1. The average Bonchev–Trinajstić information content (AvgIpc) is 2.91. The first-order valence-electron chi connectivity index (χ1n) is 5.75. The highest BCUT2D eigenvalue weighted by molar-refractivity contribution is 6.00. The predicted octanol–water partition coefficient (Wildman–Crippen LogP) is 1.34. The van der Waals surface area contributed by atoms with Gasteiger partial charge in [-0.15, -0.1) is 0 Å². The fourth-order valence-electron chi connectivity index (χ4n) is 2.10. The third kappa shape index (κ3) is 2.48. The zero-order valence-electron chi connectivity index (χ0n) is 9.94. The highest BCUT2D eigenvalue weighted by Crippen LogP contribution is 2.29. The minimum atomic E-state index is -0.0948. The standard InChI is InChI=1S/C13H17NO3/c1-16-13-3-2-9(10-4-5-17-8-10)6-11(13)12(15)7-14/h2-3,6,10H,4-5,7-8,14H2,1H3. The van der Waals surface area contributed by atoms with Gasteiger partial charge in [-0.25, -0.2) is 0 Å². The molecule has 0 amide bonds. The molecule has 1 aromatic rings. The van der Waals surface area contributed by atoms with E-state index in [0.29, 0.717) is 17.2 Å². The molecule has 0 saturated carbocycles. The van der Waals surface area contributed by atoms with Gasteiger partial charge in [-0.1, -0.05) is 6.07 Å². The van der Waals surface area contributed by atoms with Gasteiger partial charge in [0.1, 0.15) is 5.75 Å². The predicted molar refractivity (Wildman–Crippen MR) is 64.6 cm³/mol. The van der Waals surface area contributed by atoms with Crippen LogP contribution in [-0.4, -0.2) is 32.7 Å². The molecule has 0 aliphatic carbocycles. The van der Waals surface area contributed by atoms with Gasteiger partial charge < -0.3 is 15.2 Å². The van der Waals surface area contributed by atoms with E-state index >= 15 is 0 Å². The molecule has 1 aliphatic heterocycles. The first-order chi connectivity index (χ1) is 8.26. The van der Waals surface area contributed by atoms with Gasteiger partial charge in [0, 0.05) is 12.5 Å². The zero-order valence-corrected chi connectivity index (χ0v) is 9.94. The summed E-state index contributed by atoms with van der Waals surface area (Å²) in [6.07, 6.45) is 1.00. The van der Waals surface area contributed by atoms with Crippen molar-refractivity contribution in [2.45, 2.75) is 12.3 Å². The Labute approximate surface area is 101 Å². The maximum Gasteiger partial charge on any atom is 0.180 e. The number of carbonyl (C=O) groups excluding carboxylic acids is 1. The van der Waals surface area contributed by atoms with Crippen LogP contribution < -0.4 is 10.5 Å². The Kier molecular flexibility index (Phi) is 3.76. The molecule has 2 rings (SSSR count). The highest BCUT2D eigenvalue weighted by Gasteiger charge is 2.20. The fraction of sp³-hybridized carbons (Fsp3) is 0.462. The quantitative estimate of drug-likeness (QED) is 0.800. The van der Waals surface area contributed by atoms with Crippen molar-refractivity contribution in [1.29, 1.82) is 0 Å². The number of ketones is 1. The van der Waals surface area contributed by atoms with Gasteiger partial charge in [-0.05, 0) is 24.1 Å². The number of nitrogens with two attached hydrogens (primary N) is 1. The van der Waals surface area contributed by atoms with Crippen molar-refractivity contribution in [3.63, 3.8) is 0 Å².